The van der Waals surface area contributed by atoms with Gasteiger partial charge in [-0.2, -0.15) is 0 Å². The molecule has 0 aliphatic rings. The topological polar surface area (TPSA) is 43.7 Å². The average Bonchev–Trinajstić information content (AvgIpc) is 2.41. The van der Waals surface area contributed by atoms with Gasteiger partial charge in [0.15, 0.2) is 0 Å². The van der Waals surface area contributed by atoms with Crippen molar-refractivity contribution < 1.29 is 10.2 Å². The van der Waals surface area contributed by atoms with Crippen molar-refractivity contribution in [3.05, 3.63) is 35.9 Å². The molecule has 1 aromatic rings. The summed E-state index contributed by atoms with van der Waals surface area (Å²) in [6.07, 6.45) is 0.286. The quantitative estimate of drug-likeness (QED) is 0.710. The molecule has 0 heterocycles. The molecule has 3 nitrogen and oxygen atoms in total. The Kier molecular flexibility index (Phi) is 7.28. The summed E-state index contributed by atoms with van der Waals surface area (Å²) in [7, 11) is 0. The van der Waals surface area contributed by atoms with Gasteiger partial charge in [-0.15, -0.1) is 11.6 Å². The molecule has 18 heavy (non-hydrogen) atoms. The fraction of sp³-hybridized carbons (Fsp3) is 0.571. The molecule has 0 radical (unpaired) electrons. The molecule has 4 heteroatoms. The molecule has 1 aromatic carbocycles. The monoisotopic (exact) mass is 271 g/mol. The third-order valence-electron chi connectivity index (χ3n) is 3.05. The van der Waals surface area contributed by atoms with Crippen molar-refractivity contribution in [1.82, 2.24) is 4.90 Å². The summed E-state index contributed by atoms with van der Waals surface area (Å²) >= 11 is 5.65. The van der Waals surface area contributed by atoms with Gasteiger partial charge >= 0.3 is 0 Å². The Hall–Kier alpha value is -0.610. The maximum Gasteiger partial charge on any atom is 0.0802 e. The van der Waals surface area contributed by atoms with Gasteiger partial charge in [-0.1, -0.05) is 37.3 Å². The number of rotatable bonds is 8. The Morgan fingerprint density at radius 1 is 1.28 bits per heavy atom. The van der Waals surface area contributed by atoms with Crippen molar-refractivity contribution in [1.29, 1.82) is 0 Å². The standard InChI is InChI=1S/C14H22ClNO2/c1-2-13(11-17)16(10-14(18)8-15)9-12-6-4-3-5-7-12/h3-7,13-14,17-18H,2,8-11H2,1H3/t13-,14+/m1/s1. The number of alkyl halides is 1. The number of hydrogen-bond donors (Lipinski definition) is 2. The van der Waals surface area contributed by atoms with Gasteiger partial charge in [-0.3, -0.25) is 4.90 Å². The Balaban J connectivity index is 2.70. The summed E-state index contributed by atoms with van der Waals surface area (Å²) in [5, 5.41) is 19.1. The van der Waals surface area contributed by atoms with Gasteiger partial charge in [0.2, 0.25) is 0 Å². The highest BCUT2D eigenvalue weighted by Gasteiger charge is 2.19. The number of hydrogen-bond acceptors (Lipinski definition) is 3. The molecular formula is C14H22ClNO2. The molecule has 102 valence electrons. The normalized spacial score (nSPS) is 14.7. The van der Waals surface area contributed by atoms with Gasteiger partial charge in [0.05, 0.1) is 12.7 Å². The molecular weight excluding hydrogens is 250 g/mol. The molecule has 0 aliphatic carbocycles. The maximum absolute atomic E-state index is 9.69. The van der Waals surface area contributed by atoms with E-state index < -0.39 is 6.10 Å². The van der Waals surface area contributed by atoms with Crippen LogP contribution in [-0.4, -0.2) is 46.3 Å². The highest BCUT2D eigenvalue weighted by molar-refractivity contribution is 6.18. The van der Waals surface area contributed by atoms with Crippen LogP contribution in [0.5, 0.6) is 0 Å². The van der Waals surface area contributed by atoms with E-state index in [0.29, 0.717) is 13.1 Å². The van der Waals surface area contributed by atoms with Crippen LogP contribution in [0.25, 0.3) is 0 Å². The number of halogens is 1. The Labute approximate surface area is 114 Å². The number of benzene rings is 1. The highest BCUT2D eigenvalue weighted by Crippen LogP contribution is 2.12. The van der Waals surface area contributed by atoms with Crippen LogP contribution in [0.3, 0.4) is 0 Å². The maximum atomic E-state index is 9.69. The SMILES string of the molecule is CC[C@H](CO)N(Cc1ccccc1)C[C@@H](O)CCl. The van der Waals surface area contributed by atoms with Crippen LogP contribution in [0.1, 0.15) is 18.9 Å². The van der Waals surface area contributed by atoms with E-state index >= 15 is 0 Å². The molecule has 0 amide bonds. The van der Waals surface area contributed by atoms with Crippen molar-refractivity contribution in [2.45, 2.75) is 32.0 Å². The molecule has 0 saturated heterocycles. The van der Waals surface area contributed by atoms with E-state index in [1.807, 2.05) is 37.3 Å². The van der Waals surface area contributed by atoms with E-state index in [2.05, 4.69) is 4.90 Å². The molecule has 0 aliphatic heterocycles. The second-order valence-corrected chi connectivity index (χ2v) is 4.78. The minimum Gasteiger partial charge on any atom is -0.395 e. The molecule has 0 saturated carbocycles. The number of nitrogens with zero attached hydrogens (tertiary/aromatic N) is 1. The minimum absolute atomic E-state index is 0.0584. The number of aliphatic hydroxyl groups excluding tert-OH is 2. The van der Waals surface area contributed by atoms with Gasteiger partial charge in [0.1, 0.15) is 0 Å². The molecule has 0 bridgehead atoms. The summed E-state index contributed by atoms with van der Waals surface area (Å²) < 4.78 is 0. The molecule has 2 atom stereocenters. The second-order valence-electron chi connectivity index (χ2n) is 4.47. The van der Waals surface area contributed by atoms with Gasteiger partial charge < -0.3 is 10.2 Å². The van der Waals surface area contributed by atoms with Crippen molar-refractivity contribution in [3.8, 4) is 0 Å². The fourth-order valence-corrected chi connectivity index (χ4v) is 2.08. The zero-order chi connectivity index (χ0) is 13.4. The van der Waals surface area contributed by atoms with Crippen LogP contribution in [0.2, 0.25) is 0 Å². The Morgan fingerprint density at radius 2 is 1.94 bits per heavy atom. The third-order valence-corrected chi connectivity index (χ3v) is 3.41. The van der Waals surface area contributed by atoms with Crippen LogP contribution in [-0.2, 0) is 6.54 Å². The summed E-state index contributed by atoms with van der Waals surface area (Å²) in [5.41, 5.74) is 1.17. The summed E-state index contributed by atoms with van der Waals surface area (Å²) in [5.74, 6) is 0.215. The van der Waals surface area contributed by atoms with Crippen molar-refractivity contribution in [3.63, 3.8) is 0 Å². The first-order valence-corrected chi connectivity index (χ1v) is 6.87. The molecule has 0 fully saturated rings. The molecule has 2 N–H and O–H groups in total. The fourth-order valence-electron chi connectivity index (χ4n) is 1.98. The number of aliphatic hydroxyl groups is 2. The Bertz CT molecular complexity index is 317. The Morgan fingerprint density at radius 3 is 2.44 bits per heavy atom. The van der Waals surface area contributed by atoms with Crippen LogP contribution >= 0.6 is 11.6 Å². The molecule has 0 unspecified atom stereocenters. The first kappa shape index (κ1) is 15.4. The van der Waals surface area contributed by atoms with Crippen molar-refractivity contribution in [2.75, 3.05) is 19.0 Å². The van der Waals surface area contributed by atoms with Crippen molar-refractivity contribution in [2.24, 2.45) is 0 Å². The summed E-state index contributed by atoms with van der Waals surface area (Å²) in [6.45, 7) is 3.33. The van der Waals surface area contributed by atoms with Gasteiger partial charge in [0, 0.05) is 25.0 Å². The van der Waals surface area contributed by atoms with E-state index in [0.717, 1.165) is 6.42 Å². The van der Waals surface area contributed by atoms with Crippen molar-refractivity contribution >= 4 is 11.6 Å². The lowest BCUT2D eigenvalue weighted by Gasteiger charge is -2.31. The molecule has 1 rings (SSSR count). The van der Waals surface area contributed by atoms with E-state index in [1.54, 1.807) is 0 Å². The largest absolute Gasteiger partial charge is 0.395 e. The molecule has 0 spiro atoms. The summed E-state index contributed by atoms with van der Waals surface area (Å²) in [4.78, 5) is 2.09. The predicted molar refractivity (Wildman–Crippen MR) is 74.7 cm³/mol. The zero-order valence-corrected chi connectivity index (χ0v) is 11.6. The average molecular weight is 272 g/mol. The van der Waals surface area contributed by atoms with Gasteiger partial charge in [-0.05, 0) is 12.0 Å². The molecule has 0 aromatic heterocycles. The lowest BCUT2D eigenvalue weighted by molar-refractivity contribution is 0.0641. The lowest BCUT2D eigenvalue weighted by atomic mass is 10.1. The van der Waals surface area contributed by atoms with Gasteiger partial charge in [-0.25, -0.2) is 0 Å². The van der Waals surface area contributed by atoms with Crippen LogP contribution in [0.4, 0.5) is 0 Å². The first-order chi connectivity index (χ1) is 8.71. The third kappa shape index (κ3) is 4.94. The lowest BCUT2D eigenvalue weighted by Crippen LogP contribution is -2.42. The predicted octanol–water partition coefficient (Wildman–Crippen LogP) is 1.86. The van der Waals surface area contributed by atoms with E-state index in [-0.39, 0.29) is 18.5 Å². The van der Waals surface area contributed by atoms with E-state index in [4.69, 9.17) is 11.6 Å². The van der Waals surface area contributed by atoms with E-state index in [9.17, 15) is 10.2 Å². The van der Waals surface area contributed by atoms with Gasteiger partial charge in [0.25, 0.3) is 0 Å². The zero-order valence-electron chi connectivity index (χ0n) is 10.8. The van der Waals surface area contributed by atoms with Crippen LogP contribution < -0.4 is 0 Å². The van der Waals surface area contributed by atoms with Crippen LogP contribution in [0.15, 0.2) is 30.3 Å². The van der Waals surface area contributed by atoms with Crippen LogP contribution in [0, 0.1) is 0 Å². The summed E-state index contributed by atoms with van der Waals surface area (Å²) in [6, 6.07) is 10.1. The second kappa shape index (κ2) is 8.48. The minimum atomic E-state index is -0.559. The smallest absolute Gasteiger partial charge is 0.0802 e. The highest BCUT2D eigenvalue weighted by atomic mass is 35.5. The first-order valence-electron chi connectivity index (χ1n) is 6.34. The van der Waals surface area contributed by atoms with E-state index in [1.165, 1.54) is 5.56 Å².